The van der Waals surface area contributed by atoms with Crippen molar-refractivity contribution in [2.24, 2.45) is 0 Å². The number of nitrogens with zero attached hydrogens (tertiary/aromatic N) is 1. The third-order valence-electron chi connectivity index (χ3n) is 4.76. The Kier molecular flexibility index (Phi) is 5.36. The van der Waals surface area contributed by atoms with E-state index in [1.54, 1.807) is 6.07 Å². The number of urea groups is 1. The van der Waals surface area contributed by atoms with Gasteiger partial charge in [-0.3, -0.25) is 0 Å². The van der Waals surface area contributed by atoms with E-state index in [4.69, 9.17) is 21.1 Å². The number of amides is 2. The van der Waals surface area contributed by atoms with Crippen molar-refractivity contribution in [1.82, 2.24) is 5.32 Å². The van der Waals surface area contributed by atoms with Crippen LogP contribution in [0.2, 0.25) is 5.02 Å². The Morgan fingerprint density at radius 2 is 2.00 bits per heavy atom. The van der Waals surface area contributed by atoms with Crippen LogP contribution in [0.15, 0.2) is 42.5 Å². The SMILES string of the molecule is O=C(NCC1Cc2ccccc2O1)Nc1cc(Cl)ccc1N1CCOCC1. The lowest BCUT2D eigenvalue weighted by atomic mass is 10.1. The second-order valence-electron chi connectivity index (χ2n) is 6.65. The lowest BCUT2D eigenvalue weighted by Crippen LogP contribution is -2.39. The zero-order chi connectivity index (χ0) is 18.6. The predicted octanol–water partition coefficient (Wildman–Crippen LogP) is 3.30. The molecule has 6 nitrogen and oxygen atoms in total. The molecule has 4 rings (SSSR count). The Balaban J connectivity index is 1.36. The van der Waals surface area contributed by atoms with E-state index in [-0.39, 0.29) is 12.1 Å². The Hall–Kier alpha value is -2.44. The number of rotatable bonds is 4. The topological polar surface area (TPSA) is 62.8 Å². The molecule has 2 aliphatic rings. The van der Waals surface area contributed by atoms with Crippen molar-refractivity contribution in [1.29, 1.82) is 0 Å². The van der Waals surface area contributed by atoms with Crippen molar-refractivity contribution in [2.75, 3.05) is 43.1 Å². The minimum atomic E-state index is -0.272. The standard InChI is InChI=1S/C20H22ClN3O3/c21-15-5-6-18(24-7-9-26-10-8-24)17(12-15)23-20(25)22-13-16-11-14-3-1-2-4-19(14)27-16/h1-6,12,16H,7-11,13H2,(H2,22,23,25). The first kappa shape index (κ1) is 17.9. The number of hydrogen-bond donors (Lipinski definition) is 2. The second-order valence-corrected chi connectivity index (χ2v) is 7.08. The van der Waals surface area contributed by atoms with Gasteiger partial charge in [-0.1, -0.05) is 29.8 Å². The lowest BCUT2D eigenvalue weighted by Gasteiger charge is -2.30. The van der Waals surface area contributed by atoms with Gasteiger partial charge in [0.25, 0.3) is 0 Å². The van der Waals surface area contributed by atoms with Crippen LogP contribution in [0.1, 0.15) is 5.56 Å². The number of ether oxygens (including phenoxy) is 2. The number of morpholine rings is 1. The molecule has 27 heavy (non-hydrogen) atoms. The quantitative estimate of drug-likeness (QED) is 0.845. The number of benzene rings is 2. The van der Waals surface area contributed by atoms with Gasteiger partial charge in [-0.15, -0.1) is 0 Å². The van der Waals surface area contributed by atoms with E-state index < -0.39 is 0 Å². The molecule has 2 aromatic carbocycles. The van der Waals surface area contributed by atoms with Crippen LogP contribution in [0.3, 0.4) is 0 Å². The van der Waals surface area contributed by atoms with Gasteiger partial charge >= 0.3 is 6.03 Å². The van der Waals surface area contributed by atoms with Gasteiger partial charge in [0, 0.05) is 24.5 Å². The monoisotopic (exact) mass is 387 g/mol. The fourth-order valence-corrected chi connectivity index (χ4v) is 3.60. The van der Waals surface area contributed by atoms with Gasteiger partial charge in [-0.2, -0.15) is 0 Å². The summed E-state index contributed by atoms with van der Waals surface area (Å²) in [7, 11) is 0. The van der Waals surface area contributed by atoms with Crippen LogP contribution < -0.4 is 20.3 Å². The first-order valence-corrected chi connectivity index (χ1v) is 9.48. The number of nitrogens with one attached hydrogen (secondary N) is 2. The average Bonchev–Trinajstić information content (AvgIpc) is 3.10. The normalized spacial score (nSPS) is 18.6. The highest BCUT2D eigenvalue weighted by molar-refractivity contribution is 6.31. The molecule has 2 aliphatic heterocycles. The molecule has 0 saturated carbocycles. The summed E-state index contributed by atoms with van der Waals surface area (Å²) in [5.41, 5.74) is 2.81. The van der Waals surface area contributed by atoms with Crippen LogP contribution in [0, 0.1) is 0 Å². The van der Waals surface area contributed by atoms with E-state index in [0.717, 1.165) is 30.9 Å². The van der Waals surface area contributed by atoms with Crippen LogP contribution in [-0.2, 0) is 11.2 Å². The summed E-state index contributed by atoms with van der Waals surface area (Å²) >= 11 is 6.14. The van der Waals surface area contributed by atoms with Gasteiger partial charge in [0.05, 0.1) is 31.1 Å². The molecule has 2 N–H and O–H groups in total. The number of halogens is 1. The fourth-order valence-electron chi connectivity index (χ4n) is 3.43. The van der Waals surface area contributed by atoms with Crippen molar-refractivity contribution in [3.63, 3.8) is 0 Å². The molecule has 1 saturated heterocycles. The third kappa shape index (κ3) is 4.28. The summed E-state index contributed by atoms with van der Waals surface area (Å²) in [6.45, 7) is 3.36. The Morgan fingerprint density at radius 3 is 2.81 bits per heavy atom. The molecule has 1 unspecified atom stereocenters. The molecule has 7 heteroatoms. The summed E-state index contributed by atoms with van der Waals surface area (Å²) < 4.78 is 11.3. The van der Waals surface area contributed by atoms with Crippen LogP contribution >= 0.6 is 11.6 Å². The Bertz CT molecular complexity index is 799. The Labute approximate surface area is 163 Å². The fraction of sp³-hybridized carbons (Fsp3) is 0.350. The number of para-hydroxylation sites is 1. The number of hydrogen-bond acceptors (Lipinski definition) is 4. The molecule has 142 valence electrons. The van der Waals surface area contributed by atoms with Gasteiger partial charge in [-0.25, -0.2) is 4.79 Å². The summed E-state index contributed by atoms with van der Waals surface area (Å²) in [5.74, 6) is 0.897. The van der Waals surface area contributed by atoms with E-state index >= 15 is 0 Å². The van der Waals surface area contributed by atoms with Crippen molar-refractivity contribution in [3.05, 3.63) is 53.1 Å². The van der Waals surface area contributed by atoms with Crippen molar-refractivity contribution in [2.45, 2.75) is 12.5 Å². The van der Waals surface area contributed by atoms with E-state index in [1.165, 1.54) is 5.56 Å². The van der Waals surface area contributed by atoms with Crippen LogP contribution in [0.4, 0.5) is 16.2 Å². The van der Waals surface area contributed by atoms with Crippen molar-refractivity contribution in [3.8, 4) is 5.75 Å². The molecule has 0 spiro atoms. The smallest absolute Gasteiger partial charge is 0.319 e. The van der Waals surface area contributed by atoms with Crippen LogP contribution in [-0.4, -0.2) is 45.0 Å². The first-order valence-electron chi connectivity index (χ1n) is 9.11. The van der Waals surface area contributed by atoms with E-state index in [9.17, 15) is 4.79 Å². The molecular formula is C20H22ClN3O3. The van der Waals surface area contributed by atoms with Crippen LogP contribution in [0.5, 0.6) is 5.75 Å². The first-order chi connectivity index (χ1) is 13.2. The minimum absolute atomic E-state index is 0.0498. The highest BCUT2D eigenvalue weighted by Crippen LogP contribution is 2.30. The van der Waals surface area contributed by atoms with Gasteiger partial charge < -0.3 is 25.0 Å². The Morgan fingerprint density at radius 1 is 1.19 bits per heavy atom. The van der Waals surface area contributed by atoms with Crippen LogP contribution in [0.25, 0.3) is 0 Å². The molecule has 0 bridgehead atoms. The molecule has 1 fully saturated rings. The minimum Gasteiger partial charge on any atom is -0.488 e. The van der Waals surface area contributed by atoms with Gasteiger partial charge in [-0.05, 0) is 29.8 Å². The van der Waals surface area contributed by atoms with E-state index in [1.807, 2.05) is 30.3 Å². The zero-order valence-corrected chi connectivity index (χ0v) is 15.7. The van der Waals surface area contributed by atoms with Crippen molar-refractivity contribution >= 4 is 29.0 Å². The van der Waals surface area contributed by atoms with Gasteiger partial charge in [0.2, 0.25) is 0 Å². The average molecular weight is 388 g/mol. The molecule has 2 aromatic rings. The largest absolute Gasteiger partial charge is 0.488 e. The van der Waals surface area contributed by atoms with E-state index in [2.05, 4.69) is 21.6 Å². The highest BCUT2D eigenvalue weighted by Gasteiger charge is 2.23. The summed E-state index contributed by atoms with van der Waals surface area (Å²) in [6, 6.07) is 13.2. The molecule has 2 heterocycles. The maximum absolute atomic E-state index is 12.4. The molecule has 1 atom stereocenters. The number of anilines is 2. The predicted molar refractivity (Wildman–Crippen MR) is 106 cm³/mol. The number of carbonyl (C=O) groups is 1. The number of fused-ring (bicyclic) bond motifs is 1. The maximum Gasteiger partial charge on any atom is 0.319 e. The summed E-state index contributed by atoms with van der Waals surface area (Å²) in [4.78, 5) is 14.6. The molecule has 0 radical (unpaired) electrons. The molecular weight excluding hydrogens is 366 g/mol. The second kappa shape index (κ2) is 8.06. The van der Waals surface area contributed by atoms with E-state index in [0.29, 0.717) is 30.5 Å². The molecule has 2 amide bonds. The maximum atomic E-state index is 12.4. The third-order valence-corrected chi connectivity index (χ3v) is 5.00. The zero-order valence-electron chi connectivity index (χ0n) is 14.9. The summed E-state index contributed by atoms with van der Waals surface area (Å²) in [6.07, 6.45) is 0.748. The molecule has 0 aromatic heterocycles. The lowest BCUT2D eigenvalue weighted by molar-refractivity contribution is 0.123. The highest BCUT2D eigenvalue weighted by atomic mass is 35.5. The van der Waals surface area contributed by atoms with Gasteiger partial charge in [0.1, 0.15) is 11.9 Å². The molecule has 0 aliphatic carbocycles. The van der Waals surface area contributed by atoms with Crippen molar-refractivity contribution < 1.29 is 14.3 Å². The van der Waals surface area contributed by atoms with Gasteiger partial charge in [0.15, 0.2) is 0 Å². The summed E-state index contributed by atoms with van der Waals surface area (Å²) in [5, 5.41) is 6.40. The number of carbonyl (C=O) groups excluding carboxylic acids is 1.